The first-order chi connectivity index (χ1) is 14.6. The number of aliphatic hydroxyl groups excluding tert-OH is 1. The zero-order valence-corrected chi connectivity index (χ0v) is 17.5. The van der Waals surface area contributed by atoms with E-state index in [1.54, 1.807) is 7.11 Å². The Morgan fingerprint density at radius 1 is 1.20 bits per heavy atom. The fourth-order valence-corrected chi connectivity index (χ4v) is 3.97. The Morgan fingerprint density at radius 3 is 2.73 bits per heavy atom. The van der Waals surface area contributed by atoms with Crippen LogP contribution in [0.2, 0.25) is 0 Å². The monoisotopic (exact) mass is 420 g/mol. The van der Waals surface area contributed by atoms with E-state index in [1.807, 2.05) is 24.3 Å². The number of aliphatic hydroxyl groups is 1. The van der Waals surface area contributed by atoms with Crippen LogP contribution in [0, 0.1) is 5.92 Å². The second-order valence-electron chi connectivity index (χ2n) is 7.89. The van der Waals surface area contributed by atoms with E-state index in [9.17, 15) is 14.7 Å². The number of carbonyl (C=O) groups is 2. The average molecular weight is 421 g/mol. The molecule has 0 saturated carbocycles. The molecule has 0 aromatic heterocycles. The predicted molar refractivity (Wildman–Crippen MR) is 110 cm³/mol. The van der Waals surface area contributed by atoms with E-state index < -0.39 is 6.10 Å². The van der Waals surface area contributed by atoms with Gasteiger partial charge in [0.25, 0.3) is 0 Å². The Labute approximate surface area is 177 Å². The van der Waals surface area contributed by atoms with Crippen molar-refractivity contribution >= 4 is 11.8 Å². The molecule has 8 heteroatoms. The standard InChI is InChI=1S/C22H32N2O6/c1-28-17-4-2-3-15(11-17)13-23-21(26)12-18-5-6-19(20(14-25)30-18)24-22(27)16-7-9-29-10-8-16/h2-4,11,16,18-20,25H,5-10,12-14H2,1H3,(H,23,26)(H,24,27)/t18-,19-,20-/m0/s1. The fourth-order valence-electron chi connectivity index (χ4n) is 3.97. The highest BCUT2D eigenvalue weighted by Crippen LogP contribution is 2.23. The number of carbonyl (C=O) groups excluding carboxylic acids is 2. The van der Waals surface area contributed by atoms with Crippen molar-refractivity contribution in [1.82, 2.24) is 10.6 Å². The van der Waals surface area contributed by atoms with Crippen molar-refractivity contribution in [2.75, 3.05) is 26.9 Å². The quantitative estimate of drug-likeness (QED) is 0.583. The lowest BCUT2D eigenvalue weighted by atomic mass is 9.94. The molecule has 3 atom stereocenters. The highest BCUT2D eigenvalue weighted by atomic mass is 16.5. The lowest BCUT2D eigenvalue weighted by Gasteiger charge is -2.37. The number of hydrogen-bond acceptors (Lipinski definition) is 6. The van der Waals surface area contributed by atoms with Crippen LogP contribution in [0.3, 0.4) is 0 Å². The summed E-state index contributed by atoms with van der Waals surface area (Å²) < 4.78 is 16.4. The van der Waals surface area contributed by atoms with Crippen molar-refractivity contribution in [3.05, 3.63) is 29.8 Å². The van der Waals surface area contributed by atoms with Crippen molar-refractivity contribution in [2.45, 2.75) is 56.9 Å². The molecule has 1 aromatic carbocycles. The Hall–Kier alpha value is -2.16. The van der Waals surface area contributed by atoms with Gasteiger partial charge < -0.3 is 30.0 Å². The Bertz CT molecular complexity index is 707. The maximum atomic E-state index is 12.5. The van der Waals surface area contributed by atoms with Gasteiger partial charge in [0.05, 0.1) is 32.3 Å². The van der Waals surface area contributed by atoms with E-state index in [2.05, 4.69) is 10.6 Å². The van der Waals surface area contributed by atoms with Crippen LogP contribution in [0.5, 0.6) is 5.75 Å². The minimum Gasteiger partial charge on any atom is -0.497 e. The third-order valence-electron chi connectivity index (χ3n) is 5.75. The summed E-state index contributed by atoms with van der Waals surface area (Å²) in [6, 6.07) is 7.30. The molecule has 2 saturated heterocycles. The van der Waals surface area contributed by atoms with Gasteiger partial charge in [0.1, 0.15) is 11.9 Å². The van der Waals surface area contributed by atoms with E-state index in [0.717, 1.165) is 24.2 Å². The lowest BCUT2D eigenvalue weighted by molar-refractivity contribution is -0.139. The van der Waals surface area contributed by atoms with Crippen molar-refractivity contribution in [3.63, 3.8) is 0 Å². The summed E-state index contributed by atoms with van der Waals surface area (Å²) in [4.78, 5) is 24.8. The third kappa shape index (κ3) is 6.42. The van der Waals surface area contributed by atoms with Gasteiger partial charge in [0.15, 0.2) is 0 Å². The van der Waals surface area contributed by atoms with Gasteiger partial charge >= 0.3 is 0 Å². The van der Waals surface area contributed by atoms with Crippen LogP contribution in [0.15, 0.2) is 24.3 Å². The van der Waals surface area contributed by atoms with Crippen LogP contribution in [0.1, 0.15) is 37.7 Å². The van der Waals surface area contributed by atoms with E-state index in [-0.39, 0.29) is 42.9 Å². The molecular weight excluding hydrogens is 388 g/mol. The number of ether oxygens (including phenoxy) is 3. The molecule has 166 valence electrons. The van der Waals surface area contributed by atoms with Gasteiger partial charge in [0.2, 0.25) is 11.8 Å². The molecule has 0 radical (unpaired) electrons. The van der Waals surface area contributed by atoms with Gasteiger partial charge in [0, 0.05) is 25.7 Å². The maximum Gasteiger partial charge on any atom is 0.223 e. The van der Waals surface area contributed by atoms with Crippen LogP contribution < -0.4 is 15.4 Å². The number of rotatable bonds is 8. The number of nitrogens with one attached hydrogen (secondary N) is 2. The summed E-state index contributed by atoms with van der Waals surface area (Å²) in [6.07, 6.45) is 2.22. The van der Waals surface area contributed by atoms with Crippen LogP contribution in [-0.4, -0.2) is 62.1 Å². The molecule has 1 aromatic rings. The average Bonchev–Trinajstić information content (AvgIpc) is 2.79. The second kappa shape index (κ2) is 11.3. The first kappa shape index (κ1) is 22.5. The molecule has 3 rings (SSSR count). The van der Waals surface area contributed by atoms with E-state index in [0.29, 0.717) is 32.6 Å². The van der Waals surface area contributed by atoms with E-state index in [1.165, 1.54) is 0 Å². The molecule has 0 bridgehead atoms. The summed E-state index contributed by atoms with van der Waals surface area (Å²) in [5.74, 6) is 0.597. The van der Waals surface area contributed by atoms with Crippen molar-refractivity contribution in [1.29, 1.82) is 0 Å². The Morgan fingerprint density at radius 2 is 2.00 bits per heavy atom. The Balaban J connectivity index is 1.43. The molecule has 2 aliphatic rings. The van der Waals surface area contributed by atoms with Crippen LogP contribution >= 0.6 is 0 Å². The van der Waals surface area contributed by atoms with Gasteiger partial charge in [-0.2, -0.15) is 0 Å². The molecule has 3 N–H and O–H groups in total. The summed E-state index contributed by atoms with van der Waals surface area (Å²) >= 11 is 0. The largest absolute Gasteiger partial charge is 0.497 e. The first-order valence-electron chi connectivity index (χ1n) is 10.6. The molecule has 0 aliphatic carbocycles. The van der Waals surface area contributed by atoms with E-state index in [4.69, 9.17) is 14.2 Å². The first-order valence-corrected chi connectivity index (χ1v) is 10.6. The summed E-state index contributed by atoms with van der Waals surface area (Å²) in [5.41, 5.74) is 0.955. The normalized spacial score (nSPS) is 24.8. The maximum absolute atomic E-state index is 12.5. The SMILES string of the molecule is COc1cccc(CNC(=O)C[C@@H]2CC[C@H](NC(=O)C3CCOCC3)[C@H](CO)O2)c1. The molecule has 2 amide bonds. The molecule has 8 nitrogen and oxygen atoms in total. The van der Waals surface area contributed by atoms with Gasteiger partial charge in [-0.05, 0) is 43.4 Å². The molecular formula is C22H32N2O6. The molecule has 0 unspecified atom stereocenters. The summed E-state index contributed by atoms with van der Waals surface area (Å²) in [6.45, 7) is 1.43. The molecule has 30 heavy (non-hydrogen) atoms. The summed E-state index contributed by atoms with van der Waals surface area (Å²) in [7, 11) is 1.61. The highest BCUT2D eigenvalue weighted by molar-refractivity contribution is 5.79. The Kier molecular flexibility index (Phi) is 8.48. The molecule has 2 fully saturated rings. The summed E-state index contributed by atoms with van der Waals surface area (Å²) in [5, 5.41) is 15.7. The molecule has 0 spiro atoms. The van der Waals surface area contributed by atoms with Gasteiger partial charge in [-0.25, -0.2) is 0 Å². The van der Waals surface area contributed by atoms with Gasteiger partial charge in [-0.1, -0.05) is 12.1 Å². The van der Waals surface area contributed by atoms with Crippen molar-refractivity contribution < 1.29 is 28.9 Å². The number of amides is 2. The highest BCUT2D eigenvalue weighted by Gasteiger charge is 2.34. The van der Waals surface area contributed by atoms with Crippen molar-refractivity contribution in [2.24, 2.45) is 5.92 Å². The number of hydrogen-bond donors (Lipinski definition) is 3. The smallest absolute Gasteiger partial charge is 0.223 e. The van der Waals surface area contributed by atoms with Crippen LogP contribution in [0.4, 0.5) is 0 Å². The van der Waals surface area contributed by atoms with Crippen LogP contribution in [0.25, 0.3) is 0 Å². The second-order valence-corrected chi connectivity index (χ2v) is 7.89. The van der Waals surface area contributed by atoms with Gasteiger partial charge in [-0.3, -0.25) is 9.59 Å². The predicted octanol–water partition coefficient (Wildman–Crippen LogP) is 1.15. The third-order valence-corrected chi connectivity index (χ3v) is 5.75. The fraction of sp³-hybridized carbons (Fsp3) is 0.636. The molecule has 2 aliphatic heterocycles. The number of methoxy groups -OCH3 is 1. The minimum absolute atomic E-state index is 0.000155. The van der Waals surface area contributed by atoms with Gasteiger partial charge in [-0.15, -0.1) is 0 Å². The zero-order chi connectivity index (χ0) is 21.3. The lowest BCUT2D eigenvalue weighted by Crippen LogP contribution is -2.53. The minimum atomic E-state index is -0.501. The van der Waals surface area contributed by atoms with Crippen molar-refractivity contribution in [3.8, 4) is 5.75 Å². The molecule has 2 heterocycles. The zero-order valence-electron chi connectivity index (χ0n) is 17.5. The van der Waals surface area contributed by atoms with Crippen LogP contribution in [-0.2, 0) is 25.6 Å². The topological polar surface area (TPSA) is 106 Å². The van der Waals surface area contributed by atoms with E-state index >= 15 is 0 Å². The number of benzene rings is 1.